The highest BCUT2D eigenvalue weighted by Crippen LogP contribution is 2.14. The first-order valence-corrected chi connectivity index (χ1v) is 8.60. The van der Waals surface area contributed by atoms with Crippen LogP contribution in [0, 0.1) is 0 Å². The minimum Gasteiger partial charge on any atom is -0.399 e. The van der Waals surface area contributed by atoms with Crippen molar-refractivity contribution in [1.82, 2.24) is 9.80 Å². The van der Waals surface area contributed by atoms with E-state index in [9.17, 15) is 4.79 Å². The van der Waals surface area contributed by atoms with Crippen molar-refractivity contribution >= 4 is 24.0 Å². The number of nitrogens with zero attached hydrogens (tertiary/aromatic N) is 2. The van der Waals surface area contributed by atoms with Gasteiger partial charge in [-0.25, -0.2) is 0 Å². The van der Waals surface area contributed by atoms with Gasteiger partial charge in [0.05, 0.1) is 0 Å². The van der Waals surface area contributed by atoms with E-state index in [4.69, 9.17) is 5.73 Å². The summed E-state index contributed by atoms with van der Waals surface area (Å²) in [6.45, 7) is 6.35. The van der Waals surface area contributed by atoms with Gasteiger partial charge in [-0.15, -0.1) is 12.4 Å². The molecule has 1 heterocycles. The number of carbonyl (C=O) groups excluding carboxylic acids is 1. The Morgan fingerprint density at radius 3 is 2.28 bits per heavy atom. The summed E-state index contributed by atoms with van der Waals surface area (Å²) in [5, 5.41) is 0. The molecule has 0 saturated carbocycles. The van der Waals surface area contributed by atoms with Crippen LogP contribution in [0.1, 0.15) is 28.4 Å². The van der Waals surface area contributed by atoms with Crippen LogP contribution in [0.3, 0.4) is 0 Å². The first-order valence-electron chi connectivity index (χ1n) is 8.60. The van der Waals surface area contributed by atoms with Gasteiger partial charge in [0.15, 0.2) is 0 Å². The van der Waals surface area contributed by atoms with Crippen molar-refractivity contribution in [2.45, 2.75) is 19.9 Å². The molecule has 4 nitrogen and oxygen atoms in total. The second-order valence-corrected chi connectivity index (χ2v) is 6.36. The molecule has 1 fully saturated rings. The molecule has 5 heteroatoms. The van der Waals surface area contributed by atoms with Gasteiger partial charge < -0.3 is 10.6 Å². The number of nitrogen functional groups attached to an aromatic ring is 1. The maximum atomic E-state index is 12.6. The zero-order valence-corrected chi connectivity index (χ0v) is 15.5. The molecule has 2 aromatic carbocycles. The fourth-order valence-corrected chi connectivity index (χ4v) is 3.12. The molecule has 1 saturated heterocycles. The van der Waals surface area contributed by atoms with Gasteiger partial charge in [0.25, 0.3) is 5.91 Å². The van der Waals surface area contributed by atoms with Crippen molar-refractivity contribution in [2.24, 2.45) is 0 Å². The number of amides is 1. The van der Waals surface area contributed by atoms with Gasteiger partial charge >= 0.3 is 0 Å². The lowest BCUT2D eigenvalue weighted by molar-refractivity contribution is 0.0628. The first-order chi connectivity index (χ1) is 11.7. The zero-order chi connectivity index (χ0) is 16.9. The highest BCUT2D eigenvalue weighted by Gasteiger charge is 2.22. The summed E-state index contributed by atoms with van der Waals surface area (Å²) < 4.78 is 0. The third-order valence-corrected chi connectivity index (χ3v) is 4.63. The third-order valence-electron chi connectivity index (χ3n) is 4.63. The van der Waals surface area contributed by atoms with Crippen molar-refractivity contribution in [3.05, 3.63) is 65.2 Å². The summed E-state index contributed by atoms with van der Waals surface area (Å²) >= 11 is 0. The van der Waals surface area contributed by atoms with E-state index < -0.39 is 0 Å². The summed E-state index contributed by atoms with van der Waals surface area (Å²) in [5.41, 5.74) is 9.92. The average molecular weight is 360 g/mol. The Balaban J connectivity index is 0.00000225. The Morgan fingerprint density at radius 1 is 1.00 bits per heavy atom. The highest BCUT2D eigenvalue weighted by molar-refractivity contribution is 5.94. The smallest absolute Gasteiger partial charge is 0.253 e. The average Bonchev–Trinajstić information content (AvgIpc) is 2.62. The number of carbonyl (C=O) groups is 1. The summed E-state index contributed by atoms with van der Waals surface area (Å²) in [6.07, 6.45) is 0.997. The quantitative estimate of drug-likeness (QED) is 0.853. The molecule has 2 aromatic rings. The van der Waals surface area contributed by atoms with Gasteiger partial charge in [0.1, 0.15) is 0 Å². The normalized spacial score (nSPS) is 14.8. The van der Waals surface area contributed by atoms with Crippen LogP contribution < -0.4 is 5.73 Å². The lowest BCUT2D eigenvalue weighted by Gasteiger charge is -2.34. The molecule has 0 aromatic heterocycles. The predicted octanol–water partition coefficient (Wildman–Crippen LogP) is 3.21. The first kappa shape index (κ1) is 19.3. The standard InChI is InChI=1S/C20H25N3O.ClH/c1-2-16-6-8-18(9-7-16)20(24)23-12-10-22(11-13-23)15-17-4-3-5-19(21)14-17;/h3-9,14H,2,10-13,15,21H2,1H3;1H. The van der Waals surface area contributed by atoms with Crippen LogP contribution in [0.15, 0.2) is 48.5 Å². The second-order valence-electron chi connectivity index (χ2n) is 6.36. The number of halogens is 1. The van der Waals surface area contributed by atoms with Gasteiger partial charge in [0, 0.05) is 44.0 Å². The van der Waals surface area contributed by atoms with E-state index >= 15 is 0 Å². The van der Waals surface area contributed by atoms with Gasteiger partial charge in [-0.1, -0.05) is 31.2 Å². The lowest BCUT2D eigenvalue weighted by Crippen LogP contribution is -2.48. The molecule has 0 aliphatic carbocycles. The molecule has 25 heavy (non-hydrogen) atoms. The Morgan fingerprint density at radius 2 is 1.68 bits per heavy atom. The topological polar surface area (TPSA) is 49.6 Å². The maximum absolute atomic E-state index is 12.6. The van der Waals surface area contributed by atoms with E-state index in [0.29, 0.717) is 0 Å². The molecule has 3 rings (SSSR count). The van der Waals surface area contributed by atoms with E-state index in [1.807, 2.05) is 47.4 Å². The minimum atomic E-state index is 0. The van der Waals surface area contributed by atoms with Crippen LogP contribution >= 0.6 is 12.4 Å². The number of anilines is 1. The Bertz CT molecular complexity index is 694. The molecule has 134 valence electrons. The van der Waals surface area contributed by atoms with Crippen molar-refractivity contribution in [2.75, 3.05) is 31.9 Å². The van der Waals surface area contributed by atoms with E-state index in [1.54, 1.807) is 0 Å². The van der Waals surface area contributed by atoms with Crippen LogP contribution in [0.5, 0.6) is 0 Å². The summed E-state index contributed by atoms with van der Waals surface area (Å²) in [5.74, 6) is 0.140. The fourth-order valence-electron chi connectivity index (χ4n) is 3.12. The molecule has 0 radical (unpaired) electrons. The van der Waals surface area contributed by atoms with Crippen molar-refractivity contribution in [1.29, 1.82) is 0 Å². The number of aryl methyl sites for hydroxylation is 1. The molecule has 0 bridgehead atoms. The van der Waals surface area contributed by atoms with Crippen LogP contribution in [-0.2, 0) is 13.0 Å². The van der Waals surface area contributed by atoms with Crippen LogP contribution in [0.4, 0.5) is 5.69 Å². The monoisotopic (exact) mass is 359 g/mol. The molecular formula is C20H26ClN3O. The number of rotatable bonds is 4. The Labute approximate surface area is 156 Å². The summed E-state index contributed by atoms with van der Waals surface area (Å²) in [4.78, 5) is 16.9. The Hall–Kier alpha value is -2.04. The molecule has 0 atom stereocenters. The molecule has 2 N–H and O–H groups in total. The van der Waals surface area contributed by atoms with E-state index in [0.717, 1.165) is 50.4 Å². The second kappa shape index (κ2) is 8.88. The maximum Gasteiger partial charge on any atom is 0.253 e. The number of nitrogens with two attached hydrogens (primary N) is 1. The number of hydrogen-bond donors (Lipinski definition) is 1. The SMILES string of the molecule is CCc1ccc(C(=O)N2CCN(Cc3cccc(N)c3)CC2)cc1.Cl. The number of benzene rings is 2. The summed E-state index contributed by atoms with van der Waals surface area (Å²) in [6, 6.07) is 16.0. The van der Waals surface area contributed by atoms with Crippen LogP contribution in [-0.4, -0.2) is 41.9 Å². The van der Waals surface area contributed by atoms with Gasteiger partial charge in [-0.05, 0) is 41.8 Å². The number of piperazine rings is 1. The minimum absolute atomic E-state index is 0. The fraction of sp³-hybridized carbons (Fsp3) is 0.350. The van der Waals surface area contributed by atoms with E-state index in [1.165, 1.54) is 11.1 Å². The van der Waals surface area contributed by atoms with E-state index in [2.05, 4.69) is 17.9 Å². The predicted molar refractivity (Wildman–Crippen MR) is 105 cm³/mol. The van der Waals surface area contributed by atoms with Crippen molar-refractivity contribution in [3.63, 3.8) is 0 Å². The van der Waals surface area contributed by atoms with Gasteiger partial charge in [0.2, 0.25) is 0 Å². The molecular weight excluding hydrogens is 334 g/mol. The van der Waals surface area contributed by atoms with Crippen LogP contribution in [0.25, 0.3) is 0 Å². The van der Waals surface area contributed by atoms with Gasteiger partial charge in [-0.3, -0.25) is 9.69 Å². The molecule has 0 spiro atoms. The Kier molecular flexibility index (Phi) is 6.85. The largest absolute Gasteiger partial charge is 0.399 e. The van der Waals surface area contributed by atoms with Gasteiger partial charge in [-0.2, -0.15) is 0 Å². The summed E-state index contributed by atoms with van der Waals surface area (Å²) in [7, 11) is 0. The molecule has 1 aliphatic heterocycles. The third kappa shape index (κ3) is 4.97. The van der Waals surface area contributed by atoms with Crippen molar-refractivity contribution < 1.29 is 4.79 Å². The van der Waals surface area contributed by atoms with E-state index in [-0.39, 0.29) is 18.3 Å². The molecule has 0 unspecified atom stereocenters. The number of hydrogen-bond acceptors (Lipinski definition) is 3. The lowest BCUT2D eigenvalue weighted by atomic mass is 10.1. The molecule has 1 aliphatic rings. The molecule has 1 amide bonds. The highest BCUT2D eigenvalue weighted by atomic mass is 35.5. The van der Waals surface area contributed by atoms with Crippen molar-refractivity contribution in [3.8, 4) is 0 Å². The van der Waals surface area contributed by atoms with Crippen LogP contribution in [0.2, 0.25) is 0 Å². The zero-order valence-electron chi connectivity index (χ0n) is 14.6.